The summed E-state index contributed by atoms with van der Waals surface area (Å²) < 4.78 is 40.5. The molecule has 29 heavy (non-hydrogen) atoms. The quantitative estimate of drug-likeness (QED) is 0.724. The molecule has 152 valence electrons. The van der Waals surface area contributed by atoms with Gasteiger partial charge in [0.05, 0.1) is 23.7 Å². The highest BCUT2D eigenvalue weighted by molar-refractivity contribution is 5.78. The van der Waals surface area contributed by atoms with E-state index in [2.05, 4.69) is 15.1 Å². The Morgan fingerprint density at radius 3 is 2.69 bits per heavy atom. The second-order valence-electron chi connectivity index (χ2n) is 7.34. The molecule has 0 saturated carbocycles. The number of benzene rings is 1. The van der Waals surface area contributed by atoms with E-state index >= 15 is 0 Å². The van der Waals surface area contributed by atoms with Gasteiger partial charge in [0.1, 0.15) is 11.3 Å². The number of alkyl halides is 3. The van der Waals surface area contributed by atoms with Crippen molar-refractivity contribution < 1.29 is 23.1 Å². The maximum atomic E-state index is 12.9. The molecule has 1 aliphatic heterocycles. The Morgan fingerprint density at radius 2 is 2.07 bits per heavy atom. The van der Waals surface area contributed by atoms with Crippen molar-refractivity contribution in [1.29, 1.82) is 0 Å². The van der Waals surface area contributed by atoms with Gasteiger partial charge < -0.3 is 10.0 Å². The van der Waals surface area contributed by atoms with E-state index in [1.807, 2.05) is 0 Å². The summed E-state index contributed by atoms with van der Waals surface area (Å²) in [4.78, 5) is 22.0. The highest BCUT2D eigenvalue weighted by atomic mass is 19.4. The summed E-state index contributed by atoms with van der Waals surface area (Å²) in [5.74, 6) is -0.279. The summed E-state index contributed by atoms with van der Waals surface area (Å²) in [5, 5.41) is 14.6. The molecule has 1 fully saturated rings. The summed E-state index contributed by atoms with van der Waals surface area (Å²) in [5.41, 5.74) is 0.574. The third-order valence-electron chi connectivity index (χ3n) is 5.04. The summed E-state index contributed by atoms with van der Waals surface area (Å²) in [7, 11) is 1.76. The van der Waals surface area contributed by atoms with Gasteiger partial charge in [-0.2, -0.15) is 18.3 Å². The van der Waals surface area contributed by atoms with Crippen molar-refractivity contribution in [2.45, 2.75) is 26.1 Å². The number of rotatable bonds is 3. The Hall–Kier alpha value is -3.17. The molecule has 1 N–H and O–H groups in total. The van der Waals surface area contributed by atoms with Crippen molar-refractivity contribution in [3.63, 3.8) is 0 Å². The summed E-state index contributed by atoms with van der Waals surface area (Å²) in [6, 6.07) is 1.65. The number of amides is 1. The molecule has 0 aliphatic carbocycles. The lowest BCUT2D eigenvalue weighted by atomic mass is 10.0. The van der Waals surface area contributed by atoms with Crippen LogP contribution in [0.25, 0.3) is 22.4 Å². The van der Waals surface area contributed by atoms with Crippen molar-refractivity contribution in [3.05, 3.63) is 35.7 Å². The number of aryl methyl sites for hydroxylation is 1. The molecular formula is C19H18F3N5O2. The Morgan fingerprint density at radius 1 is 1.31 bits per heavy atom. The third-order valence-corrected chi connectivity index (χ3v) is 5.04. The topological polar surface area (TPSA) is 84.1 Å². The van der Waals surface area contributed by atoms with E-state index in [1.165, 1.54) is 13.1 Å². The number of aromatic hydroxyl groups is 1. The number of hydrogen-bond donors (Lipinski definition) is 1. The van der Waals surface area contributed by atoms with Crippen LogP contribution in [0.15, 0.2) is 24.5 Å². The maximum Gasteiger partial charge on any atom is 0.416 e. The van der Waals surface area contributed by atoms with Crippen LogP contribution in [0, 0.1) is 12.8 Å². The number of carbonyl (C=O) groups excluding carboxylic acids is 1. The first-order valence-electron chi connectivity index (χ1n) is 8.97. The van der Waals surface area contributed by atoms with E-state index in [4.69, 9.17) is 0 Å². The monoisotopic (exact) mass is 405 g/mol. The maximum absolute atomic E-state index is 12.9. The number of phenols is 1. The Kier molecular flexibility index (Phi) is 4.44. The molecule has 10 heteroatoms. The average Bonchev–Trinajstić information content (AvgIpc) is 3.15. The SMILES string of the molecule is Cc1cc(C(F)(F)F)cc(O)c1-c1cnc2cn(C[C@H]3CC(=O)N(C)C3)nc2n1. The van der Waals surface area contributed by atoms with Crippen LogP contribution in [0.3, 0.4) is 0 Å². The van der Waals surface area contributed by atoms with E-state index in [1.54, 1.807) is 22.8 Å². The van der Waals surface area contributed by atoms with E-state index in [0.29, 0.717) is 36.7 Å². The number of likely N-dealkylation sites (tertiary alicyclic amines) is 1. The van der Waals surface area contributed by atoms with Gasteiger partial charge in [0.2, 0.25) is 5.91 Å². The molecule has 0 radical (unpaired) electrons. The molecule has 3 aromatic rings. The standard InChI is InChI=1S/C19H18F3N5O2/c1-10-3-12(19(20,21)22)5-15(28)17(10)13-6-23-14-9-27(25-18(14)24-13)8-11-4-16(29)26(2)7-11/h3,5-6,9,11,28H,4,7-8H2,1-2H3/t11-/m0/s1. The zero-order valence-corrected chi connectivity index (χ0v) is 15.7. The van der Waals surface area contributed by atoms with E-state index < -0.39 is 17.5 Å². The molecule has 0 spiro atoms. The van der Waals surface area contributed by atoms with Crippen molar-refractivity contribution >= 4 is 17.1 Å². The molecule has 1 atom stereocenters. The average molecular weight is 405 g/mol. The molecule has 1 amide bonds. The highest BCUT2D eigenvalue weighted by Crippen LogP contribution is 2.38. The lowest BCUT2D eigenvalue weighted by molar-refractivity contribution is -0.137. The van der Waals surface area contributed by atoms with Gasteiger partial charge in [0.15, 0.2) is 5.65 Å². The molecular weight excluding hydrogens is 387 g/mol. The Bertz CT molecular complexity index is 1090. The van der Waals surface area contributed by atoms with E-state index in [-0.39, 0.29) is 28.6 Å². The molecule has 1 saturated heterocycles. The number of hydrogen-bond acceptors (Lipinski definition) is 5. The smallest absolute Gasteiger partial charge is 0.416 e. The molecule has 4 rings (SSSR count). The van der Waals surface area contributed by atoms with Gasteiger partial charge in [-0.25, -0.2) is 9.97 Å². The van der Waals surface area contributed by atoms with Gasteiger partial charge in [-0.1, -0.05) is 0 Å². The van der Waals surface area contributed by atoms with Gasteiger partial charge in [0, 0.05) is 38.0 Å². The van der Waals surface area contributed by atoms with Crippen molar-refractivity contribution in [1.82, 2.24) is 24.6 Å². The van der Waals surface area contributed by atoms with Crippen LogP contribution >= 0.6 is 0 Å². The third kappa shape index (κ3) is 3.62. The fraction of sp³-hybridized carbons (Fsp3) is 0.368. The number of aromatic nitrogens is 4. The van der Waals surface area contributed by atoms with Crippen molar-refractivity contribution in [2.75, 3.05) is 13.6 Å². The highest BCUT2D eigenvalue weighted by Gasteiger charge is 2.32. The number of fused-ring (bicyclic) bond motifs is 1. The first-order chi connectivity index (χ1) is 13.6. The number of phenolic OH excluding ortho intramolecular Hbond substituents is 1. The summed E-state index contributed by atoms with van der Waals surface area (Å²) in [6.45, 7) is 2.66. The molecule has 2 aromatic heterocycles. The fourth-order valence-electron chi connectivity index (χ4n) is 3.67. The second kappa shape index (κ2) is 6.71. The zero-order chi connectivity index (χ0) is 20.9. The van der Waals surface area contributed by atoms with E-state index in [9.17, 15) is 23.1 Å². The first kappa shape index (κ1) is 19.2. The van der Waals surface area contributed by atoms with Crippen LogP contribution in [0.1, 0.15) is 17.5 Å². The minimum Gasteiger partial charge on any atom is -0.507 e. The van der Waals surface area contributed by atoms with Gasteiger partial charge in [-0.05, 0) is 24.6 Å². The lowest BCUT2D eigenvalue weighted by Crippen LogP contribution is -2.20. The molecule has 1 aromatic carbocycles. The number of carbonyl (C=O) groups is 1. The van der Waals surface area contributed by atoms with Gasteiger partial charge >= 0.3 is 6.18 Å². The fourth-order valence-corrected chi connectivity index (χ4v) is 3.67. The minimum absolute atomic E-state index is 0.0958. The van der Waals surface area contributed by atoms with E-state index in [0.717, 1.165) is 6.07 Å². The predicted octanol–water partition coefficient (Wildman–Crippen LogP) is 3.00. The lowest BCUT2D eigenvalue weighted by Gasteiger charge is -2.12. The van der Waals surface area contributed by atoms with Crippen LogP contribution in [-0.2, 0) is 17.5 Å². The largest absolute Gasteiger partial charge is 0.507 e. The minimum atomic E-state index is -4.55. The van der Waals surface area contributed by atoms with Crippen LogP contribution in [0.5, 0.6) is 5.75 Å². The molecule has 7 nitrogen and oxygen atoms in total. The Labute approximate surface area is 163 Å². The Balaban J connectivity index is 1.65. The summed E-state index contributed by atoms with van der Waals surface area (Å²) in [6.07, 6.45) is -0.979. The van der Waals surface area contributed by atoms with Crippen LogP contribution in [-0.4, -0.2) is 49.3 Å². The number of nitrogens with zero attached hydrogens (tertiary/aromatic N) is 5. The van der Waals surface area contributed by atoms with Crippen molar-refractivity contribution in [3.8, 4) is 17.0 Å². The second-order valence-corrected chi connectivity index (χ2v) is 7.34. The van der Waals surface area contributed by atoms with Gasteiger partial charge in [-0.3, -0.25) is 9.48 Å². The first-order valence-corrected chi connectivity index (χ1v) is 8.97. The van der Waals surface area contributed by atoms with Crippen LogP contribution in [0.2, 0.25) is 0 Å². The predicted molar refractivity (Wildman–Crippen MR) is 97.9 cm³/mol. The van der Waals surface area contributed by atoms with Crippen molar-refractivity contribution in [2.24, 2.45) is 5.92 Å². The summed E-state index contributed by atoms with van der Waals surface area (Å²) >= 11 is 0. The van der Waals surface area contributed by atoms with Gasteiger partial charge in [-0.15, -0.1) is 0 Å². The van der Waals surface area contributed by atoms with Gasteiger partial charge in [0.25, 0.3) is 0 Å². The van der Waals surface area contributed by atoms with Crippen LogP contribution in [0.4, 0.5) is 13.2 Å². The molecule has 3 heterocycles. The van der Waals surface area contributed by atoms with Crippen LogP contribution < -0.4 is 0 Å². The normalized spacial score (nSPS) is 17.5. The molecule has 0 unspecified atom stereocenters. The number of halogens is 3. The molecule has 0 bridgehead atoms. The molecule has 1 aliphatic rings. The zero-order valence-electron chi connectivity index (χ0n) is 15.7.